The van der Waals surface area contributed by atoms with Gasteiger partial charge in [-0.1, -0.05) is 60.7 Å². The lowest BCUT2D eigenvalue weighted by Crippen LogP contribution is -2.39. The minimum absolute atomic E-state index is 0.257. The highest BCUT2D eigenvalue weighted by Crippen LogP contribution is 2.38. The Morgan fingerprint density at radius 2 is 0.692 bits per heavy atom. The number of benzene rings is 7. The van der Waals surface area contributed by atoms with Crippen LogP contribution in [0.5, 0.6) is 23.0 Å². The van der Waals surface area contributed by atoms with Crippen molar-refractivity contribution in [3.05, 3.63) is 174 Å². The van der Waals surface area contributed by atoms with Crippen LogP contribution in [0.2, 0.25) is 0 Å². The quantitative estimate of drug-likeness (QED) is 0.0353. The first kappa shape index (κ1) is 81.6. The molecule has 5 aliphatic heterocycles. The number of morpholine rings is 3. The molecule has 0 aliphatic carbocycles. The van der Waals surface area contributed by atoms with Crippen LogP contribution in [-0.4, -0.2) is 202 Å². The van der Waals surface area contributed by atoms with Crippen LogP contribution >= 0.6 is 11.8 Å². The van der Waals surface area contributed by atoms with E-state index >= 15 is 0 Å². The number of nitrogens with zero attached hydrogens (tertiary/aromatic N) is 9. The number of anilines is 9. The van der Waals surface area contributed by atoms with E-state index in [-0.39, 0.29) is 13.1 Å². The number of piperidine rings is 1. The molecule has 5 fully saturated rings. The van der Waals surface area contributed by atoms with E-state index in [1.165, 1.54) is 67.5 Å². The largest absolute Gasteiger partial charge is 0.497 e. The van der Waals surface area contributed by atoms with E-state index in [1.807, 2.05) is 91.2 Å². The van der Waals surface area contributed by atoms with Gasteiger partial charge in [-0.05, 0) is 152 Å². The van der Waals surface area contributed by atoms with E-state index in [9.17, 15) is 36.7 Å². The van der Waals surface area contributed by atoms with Crippen LogP contribution in [0.15, 0.2) is 158 Å². The SMILES string of the molecule is COc1ccc(OC)c(N(Cc2ccc(N3CCCC3)cc2)C(=O)CF)c1.COc1ccc(OC)c(N(Cc2ccc(N3CCCCC3)cc2)C(=O)CF)c1.CSCCCN(C(=O)CF)c1ccccc1N1CCOCC1.O=C(CF)N(Cc1ccc(N2CCOCC2)cc1)c1ccccc1N1CCOCC1. The Morgan fingerprint density at radius 3 is 1.04 bits per heavy atom. The molecule has 7 aromatic rings. The molecule has 0 aromatic heterocycles. The van der Waals surface area contributed by atoms with Gasteiger partial charge < -0.3 is 77.3 Å². The zero-order chi connectivity index (χ0) is 75.7. The third kappa shape index (κ3) is 23.3. The number of alkyl halides is 4. The van der Waals surface area contributed by atoms with Gasteiger partial charge in [0, 0.05) is 101 Å². The summed E-state index contributed by atoms with van der Waals surface area (Å²) in [5.74, 6) is 0.848. The predicted molar refractivity (Wildman–Crippen MR) is 421 cm³/mol. The van der Waals surface area contributed by atoms with Gasteiger partial charge in [0.25, 0.3) is 23.6 Å². The van der Waals surface area contributed by atoms with E-state index in [0.717, 1.165) is 136 Å². The summed E-state index contributed by atoms with van der Waals surface area (Å²) in [6, 6.07) is 50.1. The predicted octanol–water partition coefficient (Wildman–Crippen LogP) is 13.4. The smallest absolute Gasteiger partial charge is 0.258 e. The van der Waals surface area contributed by atoms with E-state index in [1.54, 1.807) is 72.2 Å². The Hall–Kier alpha value is -9.43. The van der Waals surface area contributed by atoms with Crippen LogP contribution in [0.25, 0.3) is 0 Å². The molecule has 0 N–H and O–H groups in total. The van der Waals surface area contributed by atoms with Crippen molar-refractivity contribution >= 4 is 86.6 Å². The lowest BCUT2D eigenvalue weighted by atomic mass is 10.1. The molecule has 0 unspecified atom stereocenters. The van der Waals surface area contributed by atoms with Crippen LogP contribution in [0, 0.1) is 0 Å². The molecule has 0 radical (unpaired) electrons. The van der Waals surface area contributed by atoms with Crippen LogP contribution < -0.4 is 63.0 Å². The number of rotatable bonds is 27. The summed E-state index contributed by atoms with van der Waals surface area (Å²) in [7, 11) is 6.14. The molecule has 5 aliphatic rings. The van der Waals surface area contributed by atoms with Crippen molar-refractivity contribution in [1.82, 2.24) is 0 Å². The van der Waals surface area contributed by atoms with Gasteiger partial charge >= 0.3 is 0 Å². The number of hydrogen-bond acceptors (Lipinski definition) is 17. The molecule has 107 heavy (non-hydrogen) atoms. The number of amides is 4. The summed E-state index contributed by atoms with van der Waals surface area (Å²) in [4.78, 5) is 66.6. The van der Waals surface area contributed by atoms with Crippen molar-refractivity contribution < 1.29 is 69.9 Å². The highest BCUT2D eigenvalue weighted by Gasteiger charge is 2.28. The minimum Gasteiger partial charge on any atom is -0.497 e. The molecule has 5 heterocycles. The molecule has 5 saturated heterocycles. The van der Waals surface area contributed by atoms with Gasteiger partial charge in [0.05, 0.1) is 122 Å². The van der Waals surface area contributed by atoms with Crippen LogP contribution in [-0.2, 0) is 53.0 Å². The summed E-state index contributed by atoms with van der Waals surface area (Å²) in [6.07, 6.45) is 9.04. The Kier molecular flexibility index (Phi) is 33.1. The number of carbonyl (C=O) groups excluding carboxylic acids is 4. The summed E-state index contributed by atoms with van der Waals surface area (Å²) in [5, 5.41) is 0. The molecule has 576 valence electrons. The Balaban J connectivity index is 0.000000166. The number of ether oxygens (including phenoxy) is 7. The molecule has 0 saturated carbocycles. The van der Waals surface area contributed by atoms with Gasteiger partial charge in [-0.2, -0.15) is 11.8 Å². The molecule has 0 atom stereocenters. The fourth-order valence-corrected chi connectivity index (χ4v) is 13.9. The first-order valence-electron chi connectivity index (χ1n) is 36.7. The van der Waals surface area contributed by atoms with Gasteiger partial charge in [0.2, 0.25) is 0 Å². The molecule has 7 aromatic carbocycles. The third-order valence-corrected chi connectivity index (χ3v) is 19.9. The molecule has 4 amide bonds. The van der Waals surface area contributed by atoms with E-state index in [2.05, 4.69) is 60.9 Å². The fourth-order valence-electron chi connectivity index (χ4n) is 13.4. The molecule has 20 nitrogen and oxygen atoms in total. The highest BCUT2D eigenvalue weighted by molar-refractivity contribution is 7.98. The second-order valence-corrected chi connectivity index (χ2v) is 26.9. The minimum atomic E-state index is -1.08. The topological polar surface area (TPSA) is 162 Å². The first-order chi connectivity index (χ1) is 52.3. The van der Waals surface area contributed by atoms with Crippen molar-refractivity contribution in [2.45, 2.75) is 58.2 Å². The van der Waals surface area contributed by atoms with Crippen molar-refractivity contribution in [3.63, 3.8) is 0 Å². The lowest BCUT2D eigenvalue weighted by Gasteiger charge is -2.33. The molecule has 0 bridgehead atoms. The second-order valence-electron chi connectivity index (χ2n) is 26.0. The van der Waals surface area contributed by atoms with Crippen LogP contribution in [0.3, 0.4) is 0 Å². The maximum Gasteiger partial charge on any atom is 0.258 e. The number of halogens is 4. The zero-order valence-electron chi connectivity index (χ0n) is 62.4. The van der Waals surface area contributed by atoms with Crippen LogP contribution in [0.1, 0.15) is 55.2 Å². The van der Waals surface area contributed by atoms with Gasteiger partial charge in [-0.3, -0.25) is 19.2 Å². The maximum absolute atomic E-state index is 13.5. The number of hydrogen-bond donors (Lipinski definition) is 0. The fraction of sp³-hybridized carbons (Fsp3) is 0.439. The average Bonchev–Trinajstić information content (AvgIpc) is 1.74. The Bertz CT molecular complexity index is 3860. The number of thioether (sulfide) groups is 1. The molecular formula is C82H103F4N9O11S. The van der Waals surface area contributed by atoms with Gasteiger partial charge in [0.1, 0.15) is 23.0 Å². The van der Waals surface area contributed by atoms with Crippen LogP contribution in [0.4, 0.5) is 68.7 Å². The molecular weight excluding hydrogens is 1400 g/mol. The van der Waals surface area contributed by atoms with E-state index < -0.39 is 50.3 Å². The first-order valence-corrected chi connectivity index (χ1v) is 38.1. The van der Waals surface area contributed by atoms with Crippen molar-refractivity contribution in [3.8, 4) is 23.0 Å². The molecule has 25 heteroatoms. The zero-order valence-corrected chi connectivity index (χ0v) is 63.2. The summed E-state index contributed by atoms with van der Waals surface area (Å²) in [5.41, 5.74) is 10.7. The molecule has 0 spiro atoms. The number of para-hydroxylation sites is 4. The lowest BCUT2D eigenvalue weighted by molar-refractivity contribution is -0.120. The van der Waals surface area contributed by atoms with E-state index in [0.29, 0.717) is 73.9 Å². The standard InChI is InChI=1S/C23H28FN3O3.C22H27FN2O3.C21H25FN2O3.C16H23FN2O2S/c24-17-23(28)27(22-4-2-1-3-21(22)26-11-15-30-16-12-26)18-19-5-7-20(8-6-19)25-9-13-29-14-10-25;1-27-19-10-11-21(28-2)20(14-19)25(22(26)15-23)16-17-6-8-18(9-7-17)24-12-4-3-5-13-24;1-26-18-9-10-20(27-2)19(13-18)24(21(25)14-22)15-16-5-7-17(8-6-16)23-11-3-4-12-23;1-22-12-4-7-19(16(20)13-17)15-6-3-2-5-14(15)18-8-10-21-11-9-18/h1-8H,9-18H2;6-11,14H,3-5,12-13,15-16H2,1-2H3;5-10,13H,3-4,11-12,14-15H2,1-2H3;2-3,5-6H,4,7-13H2,1H3. The summed E-state index contributed by atoms with van der Waals surface area (Å²) >= 11 is 1.73. The van der Waals surface area contributed by atoms with E-state index in [4.69, 9.17) is 33.2 Å². The Morgan fingerprint density at radius 1 is 0.374 bits per heavy atom. The Labute approximate surface area is 631 Å². The summed E-state index contributed by atoms with van der Waals surface area (Å²) in [6.45, 7) is 10.5. The normalized spacial score (nSPS) is 14.9. The number of carbonyl (C=O) groups is 4. The molecule has 12 rings (SSSR count). The van der Waals surface area contributed by atoms with Crippen molar-refractivity contribution in [2.75, 3.05) is 223 Å². The summed E-state index contributed by atoms with van der Waals surface area (Å²) < 4.78 is 90.5. The maximum atomic E-state index is 13.5. The number of methoxy groups -OCH3 is 4. The van der Waals surface area contributed by atoms with Crippen molar-refractivity contribution in [1.29, 1.82) is 0 Å². The second kappa shape index (κ2) is 43.4. The third-order valence-electron chi connectivity index (χ3n) is 19.2. The average molecular weight is 1500 g/mol. The van der Waals surface area contributed by atoms with Crippen molar-refractivity contribution in [2.24, 2.45) is 0 Å². The van der Waals surface area contributed by atoms with Gasteiger partial charge in [-0.15, -0.1) is 0 Å². The van der Waals surface area contributed by atoms with Gasteiger partial charge in [0.15, 0.2) is 26.7 Å². The monoisotopic (exact) mass is 1500 g/mol. The van der Waals surface area contributed by atoms with Gasteiger partial charge in [-0.25, -0.2) is 17.6 Å². The highest BCUT2D eigenvalue weighted by atomic mass is 32.2.